The Morgan fingerprint density at radius 2 is 2.00 bits per heavy atom. The van der Waals surface area contributed by atoms with E-state index in [-0.39, 0.29) is 18.4 Å². The van der Waals surface area contributed by atoms with Crippen LogP contribution in [0.3, 0.4) is 0 Å². The molecule has 2 aromatic rings. The molecule has 1 saturated heterocycles. The van der Waals surface area contributed by atoms with Crippen LogP contribution in [-0.4, -0.2) is 59.6 Å². The summed E-state index contributed by atoms with van der Waals surface area (Å²) in [6.07, 6.45) is -0.109. The molecule has 0 atom stereocenters. The number of hydrogen-bond donors (Lipinski definition) is 0. The van der Waals surface area contributed by atoms with Crippen LogP contribution < -0.4 is 0 Å². The molecule has 0 aliphatic carbocycles. The molecule has 1 aliphatic heterocycles. The first-order chi connectivity index (χ1) is 12.1. The lowest BCUT2D eigenvalue weighted by Gasteiger charge is -2.34. The Labute approximate surface area is 150 Å². The fourth-order valence-corrected chi connectivity index (χ4v) is 3.35. The number of carbonyl (C=O) groups is 2. The second-order valence-corrected chi connectivity index (χ2v) is 6.69. The summed E-state index contributed by atoms with van der Waals surface area (Å²) in [5.41, 5.74) is 0.668. The molecule has 3 rings (SSSR count). The molecule has 0 N–H and O–H groups in total. The van der Waals surface area contributed by atoms with Gasteiger partial charge in [-0.1, -0.05) is 6.07 Å². The Hall–Kier alpha value is -2.35. The zero-order valence-corrected chi connectivity index (χ0v) is 15.2. The molecule has 2 aromatic heterocycles. The molecule has 25 heavy (non-hydrogen) atoms. The molecule has 1 aliphatic rings. The summed E-state index contributed by atoms with van der Waals surface area (Å²) >= 11 is 1.55. The predicted molar refractivity (Wildman–Crippen MR) is 93.4 cm³/mol. The van der Waals surface area contributed by atoms with E-state index in [1.807, 2.05) is 24.4 Å². The van der Waals surface area contributed by atoms with E-state index in [2.05, 4.69) is 4.98 Å². The van der Waals surface area contributed by atoms with Crippen LogP contribution in [0.25, 0.3) is 10.8 Å². The summed E-state index contributed by atoms with van der Waals surface area (Å²) in [4.78, 5) is 33.0. The van der Waals surface area contributed by atoms with E-state index in [1.54, 1.807) is 28.1 Å². The highest BCUT2D eigenvalue weighted by molar-refractivity contribution is 7.13. The van der Waals surface area contributed by atoms with Gasteiger partial charge in [0, 0.05) is 26.2 Å². The van der Waals surface area contributed by atoms with Crippen molar-refractivity contribution >= 4 is 23.3 Å². The highest BCUT2D eigenvalue weighted by Gasteiger charge is 2.26. The number of aryl methyl sites for hydroxylation is 1. The average molecular weight is 363 g/mol. The van der Waals surface area contributed by atoms with E-state index in [9.17, 15) is 9.59 Å². The first kappa shape index (κ1) is 17.5. The molecule has 0 spiro atoms. The molecule has 0 radical (unpaired) electrons. The van der Waals surface area contributed by atoms with Gasteiger partial charge in [-0.25, -0.2) is 9.78 Å². The normalized spacial score (nSPS) is 14.6. The van der Waals surface area contributed by atoms with Gasteiger partial charge in [0.1, 0.15) is 5.76 Å². The first-order valence-corrected chi connectivity index (χ1v) is 9.16. The van der Waals surface area contributed by atoms with E-state index in [4.69, 9.17) is 9.15 Å². The Morgan fingerprint density at radius 1 is 1.28 bits per heavy atom. The van der Waals surface area contributed by atoms with E-state index >= 15 is 0 Å². The maximum Gasteiger partial charge on any atom is 0.409 e. The second-order valence-electron chi connectivity index (χ2n) is 5.74. The van der Waals surface area contributed by atoms with Crippen LogP contribution in [-0.2, 0) is 16.0 Å². The number of piperazine rings is 1. The Balaban J connectivity index is 1.58. The van der Waals surface area contributed by atoms with Crippen molar-refractivity contribution in [1.29, 1.82) is 0 Å². The topological polar surface area (TPSA) is 75.9 Å². The standard InChI is InChI=1S/C17H21N3O4S/c1-3-23-17(22)20-8-6-19(7-9-20)15(21)11-13-12(2)24-16(18-13)14-5-4-10-25-14/h4-5,10H,3,6-9,11H2,1-2H3. The van der Waals surface area contributed by atoms with Crippen molar-refractivity contribution in [2.24, 2.45) is 0 Å². The van der Waals surface area contributed by atoms with Gasteiger partial charge < -0.3 is 19.0 Å². The summed E-state index contributed by atoms with van der Waals surface area (Å²) < 4.78 is 10.7. The van der Waals surface area contributed by atoms with Gasteiger partial charge in [-0.2, -0.15) is 0 Å². The zero-order valence-electron chi connectivity index (χ0n) is 14.4. The predicted octanol–water partition coefficient (Wildman–Crippen LogP) is 2.55. The van der Waals surface area contributed by atoms with Crippen LogP contribution in [0.4, 0.5) is 4.79 Å². The lowest BCUT2D eigenvalue weighted by Crippen LogP contribution is -2.51. The van der Waals surface area contributed by atoms with Crippen LogP contribution in [0.15, 0.2) is 21.9 Å². The van der Waals surface area contributed by atoms with Crippen LogP contribution in [0, 0.1) is 6.92 Å². The molecule has 0 bridgehead atoms. The molecular formula is C17H21N3O4S. The maximum atomic E-state index is 12.5. The number of ether oxygens (including phenoxy) is 1. The van der Waals surface area contributed by atoms with Gasteiger partial charge in [0.2, 0.25) is 11.8 Å². The van der Waals surface area contributed by atoms with Crippen LogP contribution >= 0.6 is 11.3 Å². The molecule has 7 nitrogen and oxygen atoms in total. The summed E-state index contributed by atoms with van der Waals surface area (Å²) in [6, 6.07) is 3.88. The lowest BCUT2D eigenvalue weighted by molar-refractivity contribution is -0.132. The number of aromatic nitrogens is 1. The van der Waals surface area contributed by atoms with Gasteiger partial charge in [0.25, 0.3) is 0 Å². The minimum atomic E-state index is -0.317. The molecule has 0 unspecified atom stereocenters. The van der Waals surface area contributed by atoms with Crippen molar-refractivity contribution in [3.63, 3.8) is 0 Å². The number of thiophene rings is 1. The summed E-state index contributed by atoms with van der Waals surface area (Å²) in [6.45, 7) is 5.95. The third kappa shape index (κ3) is 4.01. The van der Waals surface area contributed by atoms with E-state index < -0.39 is 0 Å². The van der Waals surface area contributed by atoms with Gasteiger partial charge in [-0.3, -0.25) is 4.79 Å². The third-order valence-electron chi connectivity index (χ3n) is 4.10. The highest BCUT2D eigenvalue weighted by Crippen LogP contribution is 2.26. The van der Waals surface area contributed by atoms with Gasteiger partial charge in [-0.15, -0.1) is 11.3 Å². The quantitative estimate of drug-likeness (QED) is 0.834. The Bertz CT molecular complexity index is 733. The number of nitrogens with zero attached hydrogens (tertiary/aromatic N) is 3. The van der Waals surface area contributed by atoms with E-state index in [0.717, 1.165) is 4.88 Å². The molecule has 2 amide bonds. The lowest BCUT2D eigenvalue weighted by atomic mass is 10.2. The van der Waals surface area contributed by atoms with Crippen molar-refractivity contribution < 1.29 is 18.7 Å². The van der Waals surface area contributed by atoms with Crippen LogP contribution in [0.1, 0.15) is 18.4 Å². The van der Waals surface area contributed by atoms with Crippen LogP contribution in [0.2, 0.25) is 0 Å². The monoisotopic (exact) mass is 363 g/mol. The van der Waals surface area contributed by atoms with Gasteiger partial charge in [-0.05, 0) is 25.3 Å². The highest BCUT2D eigenvalue weighted by atomic mass is 32.1. The third-order valence-corrected chi connectivity index (χ3v) is 4.96. The first-order valence-electron chi connectivity index (χ1n) is 8.28. The SMILES string of the molecule is CCOC(=O)N1CCN(C(=O)Cc2nc(-c3cccs3)oc2C)CC1. The fraction of sp³-hybridized carbons (Fsp3) is 0.471. The number of oxazole rings is 1. The minimum absolute atomic E-state index is 0.00219. The summed E-state index contributed by atoms with van der Waals surface area (Å²) in [5.74, 6) is 1.22. The molecular weight excluding hydrogens is 342 g/mol. The Kier molecular flexibility index (Phi) is 5.37. The maximum absolute atomic E-state index is 12.5. The number of carbonyl (C=O) groups excluding carboxylic acids is 2. The molecule has 0 saturated carbocycles. The largest absolute Gasteiger partial charge is 0.450 e. The molecule has 0 aromatic carbocycles. The van der Waals surface area contributed by atoms with Gasteiger partial charge in [0.15, 0.2) is 0 Å². The zero-order chi connectivity index (χ0) is 17.8. The van der Waals surface area contributed by atoms with Crippen molar-refractivity contribution in [2.45, 2.75) is 20.3 Å². The van der Waals surface area contributed by atoms with Crippen molar-refractivity contribution in [3.05, 3.63) is 29.0 Å². The summed E-state index contributed by atoms with van der Waals surface area (Å²) in [7, 11) is 0. The van der Waals surface area contributed by atoms with Gasteiger partial charge in [0.05, 0.1) is 23.6 Å². The molecule has 3 heterocycles. The minimum Gasteiger partial charge on any atom is -0.450 e. The van der Waals surface area contributed by atoms with Gasteiger partial charge >= 0.3 is 6.09 Å². The molecule has 8 heteroatoms. The van der Waals surface area contributed by atoms with Crippen LogP contribution in [0.5, 0.6) is 0 Å². The number of rotatable bonds is 4. The fourth-order valence-electron chi connectivity index (χ4n) is 2.71. The molecule has 1 fully saturated rings. The van der Waals surface area contributed by atoms with Crippen molar-refractivity contribution in [1.82, 2.24) is 14.8 Å². The summed E-state index contributed by atoms with van der Waals surface area (Å²) in [5, 5.41) is 1.96. The number of hydrogen-bond acceptors (Lipinski definition) is 6. The molecule has 134 valence electrons. The van der Waals surface area contributed by atoms with Crippen molar-refractivity contribution in [3.8, 4) is 10.8 Å². The number of amides is 2. The Morgan fingerprint density at radius 3 is 2.64 bits per heavy atom. The average Bonchev–Trinajstić information content (AvgIpc) is 3.25. The van der Waals surface area contributed by atoms with Crippen molar-refractivity contribution in [2.75, 3.05) is 32.8 Å². The van der Waals surface area contributed by atoms with E-state index in [1.165, 1.54) is 0 Å². The smallest absolute Gasteiger partial charge is 0.409 e. The van der Waals surface area contributed by atoms with E-state index in [0.29, 0.717) is 50.1 Å². The second kappa shape index (κ2) is 7.69.